The Hall–Kier alpha value is -1.26. The van der Waals surface area contributed by atoms with Crippen molar-refractivity contribution in [3.05, 3.63) is 24.3 Å². The van der Waals surface area contributed by atoms with E-state index in [4.69, 9.17) is 15.3 Å². The molecule has 0 radical (unpaired) electrons. The van der Waals surface area contributed by atoms with Crippen molar-refractivity contribution in [3.63, 3.8) is 0 Å². The highest BCUT2D eigenvalue weighted by molar-refractivity contribution is 5.40. The van der Waals surface area contributed by atoms with Crippen molar-refractivity contribution in [2.24, 2.45) is 5.84 Å². The number of ether oxygens (including phenoxy) is 2. The zero-order valence-electron chi connectivity index (χ0n) is 8.07. The Morgan fingerprint density at radius 3 is 2.86 bits per heavy atom. The number of hydrogen-bond acceptors (Lipinski definition) is 4. The highest BCUT2D eigenvalue weighted by Crippen LogP contribution is 2.31. The molecule has 76 valence electrons. The summed E-state index contributed by atoms with van der Waals surface area (Å²) >= 11 is 0. The summed E-state index contributed by atoms with van der Waals surface area (Å²) in [5.41, 5.74) is 2.66. The van der Waals surface area contributed by atoms with Crippen LogP contribution in [0.2, 0.25) is 0 Å². The van der Waals surface area contributed by atoms with Gasteiger partial charge in [-0.15, -0.1) is 0 Å². The van der Waals surface area contributed by atoms with Crippen LogP contribution in [0.25, 0.3) is 0 Å². The maximum absolute atomic E-state index is 5.72. The fraction of sp³-hybridized carbons (Fsp3) is 0.400. The van der Waals surface area contributed by atoms with Crippen LogP contribution in [0.5, 0.6) is 11.5 Å². The van der Waals surface area contributed by atoms with Crippen LogP contribution in [-0.4, -0.2) is 18.8 Å². The van der Waals surface area contributed by atoms with Gasteiger partial charge in [0.15, 0.2) is 11.5 Å². The van der Waals surface area contributed by atoms with Crippen LogP contribution in [0, 0.1) is 0 Å². The maximum Gasteiger partial charge on any atom is 0.161 e. The van der Waals surface area contributed by atoms with E-state index in [1.807, 2.05) is 31.2 Å². The fourth-order valence-electron chi connectivity index (χ4n) is 1.39. The van der Waals surface area contributed by atoms with Gasteiger partial charge in [0.25, 0.3) is 0 Å². The van der Waals surface area contributed by atoms with Gasteiger partial charge in [-0.2, -0.15) is 0 Å². The monoisotopic (exact) mass is 194 g/mol. The van der Waals surface area contributed by atoms with Gasteiger partial charge in [0.05, 0.1) is 6.04 Å². The summed E-state index contributed by atoms with van der Waals surface area (Å²) < 4.78 is 11.3. The summed E-state index contributed by atoms with van der Waals surface area (Å²) in [6, 6.07) is 7.71. The molecule has 1 aliphatic rings. The van der Waals surface area contributed by atoms with E-state index < -0.39 is 0 Å². The normalized spacial score (nSPS) is 21.7. The molecule has 0 fully saturated rings. The highest BCUT2D eigenvalue weighted by Gasteiger charge is 2.24. The van der Waals surface area contributed by atoms with Crippen molar-refractivity contribution in [2.45, 2.75) is 19.1 Å². The molecular weight excluding hydrogens is 180 g/mol. The van der Waals surface area contributed by atoms with Crippen LogP contribution >= 0.6 is 0 Å². The van der Waals surface area contributed by atoms with Crippen molar-refractivity contribution in [1.29, 1.82) is 0 Å². The third kappa shape index (κ3) is 1.66. The first kappa shape index (κ1) is 9.30. The standard InChI is InChI=1S/C10H14N2O2/c1-7(12-11)10-6-13-8-4-2-3-5-9(8)14-10/h2-5,7,10,12H,6,11H2,1H3/t7-,10+/m0/s1. The molecule has 0 aromatic heterocycles. The van der Waals surface area contributed by atoms with Crippen molar-refractivity contribution in [2.75, 3.05) is 6.61 Å². The maximum atomic E-state index is 5.72. The minimum Gasteiger partial charge on any atom is -0.486 e. The number of rotatable bonds is 2. The average molecular weight is 194 g/mol. The van der Waals surface area contributed by atoms with Gasteiger partial charge in [-0.3, -0.25) is 11.3 Å². The molecule has 0 bridgehead atoms. The Bertz CT molecular complexity index is 317. The number of hydrogen-bond donors (Lipinski definition) is 2. The number of para-hydroxylation sites is 2. The Morgan fingerprint density at radius 2 is 2.14 bits per heavy atom. The lowest BCUT2D eigenvalue weighted by Gasteiger charge is -2.29. The van der Waals surface area contributed by atoms with Gasteiger partial charge in [-0.1, -0.05) is 12.1 Å². The predicted molar refractivity (Wildman–Crippen MR) is 53.1 cm³/mol. The third-order valence-electron chi connectivity index (χ3n) is 2.35. The van der Waals surface area contributed by atoms with E-state index in [1.54, 1.807) is 0 Å². The van der Waals surface area contributed by atoms with E-state index in [0.29, 0.717) is 6.61 Å². The van der Waals surface area contributed by atoms with Gasteiger partial charge < -0.3 is 9.47 Å². The molecule has 2 atom stereocenters. The minimum atomic E-state index is -0.0325. The zero-order valence-corrected chi connectivity index (χ0v) is 8.07. The first-order valence-corrected chi connectivity index (χ1v) is 4.66. The lowest BCUT2D eigenvalue weighted by Crippen LogP contribution is -2.48. The lowest BCUT2D eigenvalue weighted by atomic mass is 10.2. The molecule has 1 aliphatic heterocycles. The van der Waals surface area contributed by atoms with Crippen molar-refractivity contribution in [3.8, 4) is 11.5 Å². The van der Waals surface area contributed by atoms with Gasteiger partial charge in [-0.05, 0) is 19.1 Å². The van der Waals surface area contributed by atoms with Crippen molar-refractivity contribution < 1.29 is 9.47 Å². The predicted octanol–water partition coefficient (Wildman–Crippen LogP) is 0.678. The molecular formula is C10H14N2O2. The zero-order chi connectivity index (χ0) is 9.97. The second kappa shape index (κ2) is 3.86. The third-order valence-corrected chi connectivity index (χ3v) is 2.35. The fourth-order valence-corrected chi connectivity index (χ4v) is 1.39. The Morgan fingerprint density at radius 1 is 1.43 bits per heavy atom. The number of hydrazine groups is 1. The van der Waals surface area contributed by atoms with Crippen LogP contribution in [0.3, 0.4) is 0 Å². The van der Waals surface area contributed by atoms with Gasteiger partial charge >= 0.3 is 0 Å². The van der Waals surface area contributed by atoms with Crippen LogP contribution in [-0.2, 0) is 0 Å². The van der Waals surface area contributed by atoms with Gasteiger partial charge in [-0.25, -0.2) is 0 Å². The first-order valence-electron chi connectivity index (χ1n) is 4.66. The molecule has 1 aromatic carbocycles. The van der Waals surface area contributed by atoms with E-state index in [1.165, 1.54) is 0 Å². The van der Waals surface area contributed by atoms with E-state index in [0.717, 1.165) is 11.5 Å². The van der Waals surface area contributed by atoms with E-state index in [2.05, 4.69) is 5.43 Å². The molecule has 3 N–H and O–H groups in total. The van der Waals surface area contributed by atoms with Crippen molar-refractivity contribution >= 4 is 0 Å². The summed E-state index contributed by atoms with van der Waals surface area (Å²) in [4.78, 5) is 0. The number of nitrogens with two attached hydrogens (primary N) is 1. The Kier molecular flexibility index (Phi) is 2.56. The second-order valence-corrected chi connectivity index (χ2v) is 3.37. The Balaban J connectivity index is 2.13. The van der Waals surface area contributed by atoms with Crippen LogP contribution < -0.4 is 20.7 Å². The van der Waals surface area contributed by atoms with Gasteiger partial charge in [0, 0.05) is 0 Å². The first-order chi connectivity index (χ1) is 6.81. The number of benzene rings is 1. The van der Waals surface area contributed by atoms with Crippen LogP contribution in [0.1, 0.15) is 6.92 Å². The molecule has 0 saturated heterocycles. The van der Waals surface area contributed by atoms with Crippen LogP contribution in [0.4, 0.5) is 0 Å². The second-order valence-electron chi connectivity index (χ2n) is 3.37. The summed E-state index contributed by atoms with van der Waals surface area (Å²) in [5.74, 6) is 6.92. The molecule has 1 aromatic rings. The van der Waals surface area contributed by atoms with Crippen LogP contribution in [0.15, 0.2) is 24.3 Å². The van der Waals surface area contributed by atoms with E-state index in [-0.39, 0.29) is 12.1 Å². The molecule has 14 heavy (non-hydrogen) atoms. The topological polar surface area (TPSA) is 56.5 Å². The van der Waals surface area contributed by atoms with Gasteiger partial charge in [0.1, 0.15) is 12.7 Å². The Labute approximate surface area is 83.0 Å². The molecule has 2 rings (SSSR count). The smallest absolute Gasteiger partial charge is 0.161 e. The molecule has 0 aliphatic carbocycles. The summed E-state index contributed by atoms with van der Waals surface area (Å²) in [6.07, 6.45) is -0.0325. The highest BCUT2D eigenvalue weighted by atomic mass is 16.6. The number of fused-ring (bicyclic) bond motifs is 1. The van der Waals surface area contributed by atoms with Crippen molar-refractivity contribution in [1.82, 2.24) is 5.43 Å². The summed E-state index contributed by atoms with van der Waals surface area (Å²) in [7, 11) is 0. The summed E-state index contributed by atoms with van der Waals surface area (Å²) in [5, 5.41) is 0. The quantitative estimate of drug-likeness (QED) is 0.537. The molecule has 0 spiro atoms. The molecule has 0 amide bonds. The summed E-state index contributed by atoms with van der Waals surface area (Å²) in [6.45, 7) is 2.49. The average Bonchev–Trinajstić information content (AvgIpc) is 2.27. The largest absolute Gasteiger partial charge is 0.486 e. The molecule has 1 heterocycles. The molecule has 0 unspecified atom stereocenters. The molecule has 0 saturated carbocycles. The lowest BCUT2D eigenvalue weighted by molar-refractivity contribution is 0.0668. The van der Waals surface area contributed by atoms with E-state index >= 15 is 0 Å². The number of nitrogens with one attached hydrogen (secondary N) is 1. The molecule has 4 heteroatoms. The molecule has 4 nitrogen and oxygen atoms in total. The van der Waals surface area contributed by atoms with Gasteiger partial charge in [0.2, 0.25) is 0 Å². The van der Waals surface area contributed by atoms with E-state index in [9.17, 15) is 0 Å². The SMILES string of the molecule is C[C@H](NN)[C@H]1COc2ccccc2O1. The minimum absolute atomic E-state index is 0.0325.